The molecular weight excluding hydrogens is 202 g/mol. The van der Waals surface area contributed by atoms with Crippen molar-refractivity contribution < 1.29 is 9.90 Å². The van der Waals surface area contributed by atoms with Crippen LogP contribution in [0.15, 0.2) is 30.9 Å². The second kappa shape index (κ2) is 4.00. The molecule has 0 saturated carbocycles. The van der Waals surface area contributed by atoms with Gasteiger partial charge in [0.15, 0.2) is 0 Å². The molecule has 0 aliphatic carbocycles. The minimum atomic E-state index is 0.0454. The molecule has 1 N–H and O–H groups in total. The number of phenols is 1. The van der Waals surface area contributed by atoms with Crippen molar-refractivity contribution in [3.8, 4) is 5.75 Å². The van der Waals surface area contributed by atoms with Gasteiger partial charge >= 0.3 is 0 Å². The van der Waals surface area contributed by atoms with Crippen LogP contribution >= 0.6 is 0 Å². The molecule has 1 aliphatic heterocycles. The third-order valence-electron chi connectivity index (χ3n) is 2.91. The van der Waals surface area contributed by atoms with Crippen LogP contribution in [0.5, 0.6) is 5.75 Å². The number of phenolic OH excluding ortho intramolecular Hbond substituents is 1. The molecule has 3 nitrogen and oxygen atoms in total. The number of hydrogen-bond acceptors (Lipinski definition) is 2. The zero-order chi connectivity index (χ0) is 11.7. The predicted octanol–water partition coefficient (Wildman–Crippen LogP) is 2.24. The zero-order valence-corrected chi connectivity index (χ0v) is 9.31. The van der Waals surface area contributed by atoms with Gasteiger partial charge in [0.25, 0.3) is 0 Å². The molecule has 0 radical (unpaired) electrons. The summed E-state index contributed by atoms with van der Waals surface area (Å²) in [5.41, 5.74) is 1.58. The molecule has 0 bridgehead atoms. The van der Waals surface area contributed by atoms with Gasteiger partial charge in [-0.05, 0) is 24.6 Å². The maximum Gasteiger partial charge on any atom is 0.227 e. The van der Waals surface area contributed by atoms with Crippen molar-refractivity contribution in [2.24, 2.45) is 5.92 Å². The van der Waals surface area contributed by atoms with Gasteiger partial charge in [0.05, 0.1) is 5.69 Å². The molecule has 1 aromatic carbocycles. The number of carbonyl (C=O) groups excluding carboxylic acids is 1. The van der Waals surface area contributed by atoms with Crippen LogP contribution in [-0.2, 0) is 4.79 Å². The third kappa shape index (κ3) is 1.81. The minimum Gasteiger partial charge on any atom is -0.506 e. The second-order valence-corrected chi connectivity index (χ2v) is 4.20. The van der Waals surface area contributed by atoms with Crippen molar-refractivity contribution in [1.82, 2.24) is 0 Å². The Labute approximate surface area is 95.0 Å². The van der Waals surface area contributed by atoms with E-state index < -0.39 is 0 Å². The first-order valence-corrected chi connectivity index (χ1v) is 5.34. The van der Waals surface area contributed by atoms with E-state index in [4.69, 9.17) is 0 Å². The highest BCUT2D eigenvalue weighted by Crippen LogP contribution is 2.33. The molecule has 1 amide bonds. The Morgan fingerprint density at radius 1 is 1.56 bits per heavy atom. The van der Waals surface area contributed by atoms with E-state index in [0.717, 1.165) is 5.56 Å². The molecule has 1 aromatic rings. The largest absolute Gasteiger partial charge is 0.506 e. The number of aryl methyl sites for hydroxylation is 1. The van der Waals surface area contributed by atoms with E-state index in [9.17, 15) is 9.90 Å². The van der Waals surface area contributed by atoms with E-state index in [0.29, 0.717) is 18.7 Å². The lowest BCUT2D eigenvalue weighted by Gasteiger charge is -2.17. The van der Waals surface area contributed by atoms with E-state index in [1.54, 1.807) is 23.1 Å². The molecule has 0 aromatic heterocycles. The standard InChI is InChI=1S/C13H15NO2/c1-3-10-7-13(16)14(8-10)11-5-4-9(2)6-12(11)15/h3-6,10,15H,1,7-8H2,2H3. The minimum absolute atomic E-state index is 0.0454. The number of benzene rings is 1. The highest BCUT2D eigenvalue weighted by molar-refractivity contribution is 5.97. The van der Waals surface area contributed by atoms with Gasteiger partial charge in [-0.25, -0.2) is 0 Å². The maximum absolute atomic E-state index is 11.7. The Kier molecular flexibility index (Phi) is 2.69. The quantitative estimate of drug-likeness (QED) is 0.772. The van der Waals surface area contributed by atoms with Gasteiger partial charge < -0.3 is 10.0 Å². The molecule has 0 spiro atoms. The molecule has 1 unspecified atom stereocenters. The van der Waals surface area contributed by atoms with E-state index in [-0.39, 0.29) is 17.6 Å². The number of anilines is 1. The normalized spacial score (nSPS) is 20.2. The lowest BCUT2D eigenvalue weighted by molar-refractivity contribution is -0.117. The van der Waals surface area contributed by atoms with Gasteiger partial charge in [-0.3, -0.25) is 4.79 Å². The Morgan fingerprint density at radius 3 is 2.88 bits per heavy atom. The molecule has 1 heterocycles. The monoisotopic (exact) mass is 217 g/mol. The topological polar surface area (TPSA) is 40.5 Å². The Balaban J connectivity index is 2.31. The summed E-state index contributed by atoms with van der Waals surface area (Å²) >= 11 is 0. The van der Waals surface area contributed by atoms with E-state index >= 15 is 0 Å². The molecule has 1 saturated heterocycles. The Morgan fingerprint density at radius 2 is 2.31 bits per heavy atom. The second-order valence-electron chi connectivity index (χ2n) is 4.20. The number of amides is 1. The molecule has 3 heteroatoms. The Bertz CT molecular complexity index is 440. The van der Waals surface area contributed by atoms with Gasteiger partial charge in [-0.1, -0.05) is 12.1 Å². The summed E-state index contributed by atoms with van der Waals surface area (Å²) < 4.78 is 0. The number of carbonyl (C=O) groups is 1. The van der Waals surface area contributed by atoms with Crippen LogP contribution in [0, 0.1) is 12.8 Å². The van der Waals surface area contributed by atoms with Crippen molar-refractivity contribution >= 4 is 11.6 Å². The van der Waals surface area contributed by atoms with Gasteiger partial charge in [0.1, 0.15) is 5.75 Å². The Hall–Kier alpha value is -1.77. The lowest BCUT2D eigenvalue weighted by atomic mass is 10.1. The van der Waals surface area contributed by atoms with Gasteiger partial charge in [-0.15, -0.1) is 6.58 Å². The maximum atomic E-state index is 11.7. The number of aromatic hydroxyl groups is 1. The molecule has 2 rings (SSSR count). The highest BCUT2D eigenvalue weighted by Gasteiger charge is 2.29. The van der Waals surface area contributed by atoms with Crippen LogP contribution in [0.4, 0.5) is 5.69 Å². The summed E-state index contributed by atoms with van der Waals surface area (Å²) in [7, 11) is 0. The fourth-order valence-corrected chi connectivity index (χ4v) is 1.99. The van der Waals surface area contributed by atoms with Crippen molar-refractivity contribution in [1.29, 1.82) is 0 Å². The number of rotatable bonds is 2. The van der Waals surface area contributed by atoms with Crippen molar-refractivity contribution in [2.45, 2.75) is 13.3 Å². The van der Waals surface area contributed by atoms with Crippen LogP contribution in [0.25, 0.3) is 0 Å². The fraction of sp³-hybridized carbons (Fsp3) is 0.308. The zero-order valence-electron chi connectivity index (χ0n) is 9.31. The van der Waals surface area contributed by atoms with Crippen molar-refractivity contribution in [2.75, 3.05) is 11.4 Å². The van der Waals surface area contributed by atoms with Crippen LogP contribution in [0.2, 0.25) is 0 Å². The number of nitrogens with zero attached hydrogens (tertiary/aromatic N) is 1. The molecule has 16 heavy (non-hydrogen) atoms. The van der Waals surface area contributed by atoms with Gasteiger partial charge in [0.2, 0.25) is 5.91 Å². The first-order chi connectivity index (χ1) is 7.61. The SMILES string of the molecule is C=CC1CC(=O)N(c2ccc(C)cc2O)C1. The summed E-state index contributed by atoms with van der Waals surface area (Å²) in [5.74, 6) is 0.398. The van der Waals surface area contributed by atoms with Crippen LogP contribution in [-0.4, -0.2) is 17.6 Å². The smallest absolute Gasteiger partial charge is 0.227 e. The molecule has 84 valence electrons. The molecule has 1 aliphatic rings. The highest BCUT2D eigenvalue weighted by atomic mass is 16.3. The summed E-state index contributed by atoms with van der Waals surface area (Å²) in [6.45, 7) is 6.22. The van der Waals surface area contributed by atoms with E-state index in [1.165, 1.54) is 0 Å². The summed E-state index contributed by atoms with van der Waals surface area (Å²) in [6.07, 6.45) is 2.28. The van der Waals surface area contributed by atoms with Crippen molar-refractivity contribution in [3.63, 3.8) is 0 Å². The van der Waals surface area contributed by atoms with Crippen LogP contribution in [0.3, 0.4) is 0 Å². The predicted molar refractivity (Wildman–Crippen MR) is 63.5 cm³/mol. The van der Waals surface area contributed by atoms with Crippen LogP contribution in [0.1, 0.15) is 12.0 Å². The first-order valence-electron chi connectivity index (χ1n) is 5.34. The lowest BCUT2D eigenvalue weighted by Crippen LogP contribution is -2.24. The van der Waals surface area contributed by atoms with Crippen LogP contribution < -0.4 is 4.90 Å². The molecular formula is C13H15NO2. The van der Waals surface area contributed by atoms with Crippen molar-refractivity contribution in [3.05, 3.63) is 36.4 Å². The van der Waals surface area contributed by atoms with Gasteiger partial charge in [0, 0.05) is 18.9 Å². The van der Waals surface area contributed by atoms with E-state index in [1.807, 2.05) is 13.0 Å². The van der Waals surface area contributed by atoms with Gasteiger partial charge in [-0.2, -0.15) is 0 Å². The summed E-state index contributed by atoms with van der Waals surface area (Å²) in [6, 6.07) is 5.35. The molecule has 1 fully saturated rings. The number of hydrogen-bond donors (Lipinski definition) is 1. The fourth-order valence-electron chi connectivity index (χ4n) is 1.99. The summed E-state index contributed by atoms with van der Waals surface area (Å²) in [4.78, 5) is 13.4. The average molecular weight is 217 g/mol. The third-order valence-corrected chi connectivity index (χ3v) is 2.91. The molecule has 1 atom stereocenters. The van der Waals surface area contributed by atoms with E-state index in [2.05, 4.69) is 6.58 Å². The summed E-state index contributed by atoms with van der Waals surface area (Å²) in [5, 5.41) is 9.81. The average Bonchev–Trinajstić information content (AvgIpc) is 2.60. The first kappa shape index (κ1) is 10.7.